The zero-order valence-corrected chi connectivity index (χ0v) is 12.3. The number of nitrogen functional groups attached to an aromatic ring is 1. The summed E-state index contributed by atoms with van der Waals surface area (Å²) >= 11 is 0. The van der Waals surface area contributed by atoms with Gasteiger partial charge in [-0.1, -0.05) is 50.2 Å². The summed E-state index contributed by atoms with van der Waals surface area (Å²) < 4.78 is 0. The van der Waals surface area contributed by atoms with Gasteiger partial charge in [0.1, 0.15) is 0 Å². The number of aryl methyl sites for hydroxylation is 1. The fraction of sp³-hybridized carbons (Fsp3) is 0.278. The van der Waals surface area contributed by atoms with E-state index in [9.17, 15) is 4.79 Å². The number of anilines is 1. The molecule has 0 heterocycles. The van der Waals surface area contributed by atoms with Gasteiger partial charge in [0, 0.05) is 16.8 Å². The van der Waals surface area contributed by atoms with Gasteiger partial charge in [0.15, 0.2) is 5.78 Å². The standard InChI is InChI=1S/C18H21NO/c1-4-12(2)14-8-10-15(11-9-14)18(20)17-13(3)6-5-7-16(17)19/h5-12H,4,19H2,1-3H3. The first-order valence-corrected chi connectivity index (χ1v) is 7.04. The number of rotatable bonds is 4. The molecule has 1 atom stereocenters. The molecule has 0 aliphatic heterocycles. The summed E-state index contributed by atoms with van der Waals surface area (Å²) in [5.41, 5.74) is 9.97. The highest BCUT2D eigenvalue weighted by Crippen LogP contribution is 2.23. The molecule has 2 heteroatoms. The van der Waals surface area contributed by atoms with Crippen molar-refractivity contribution in [1.82, 2.24) is 0 Å². The van der Waals surface area contributed by atoms with Crippen molar-refractivity contribution < 1.29 is 4.79 Å². The smallest absolute Gasteiger partial charge is 0.195 e. The van der Waals surface area contributed by atoms with Crippen molar-refractivity contribution in [3.63, 3.8) is 0 Å². The van der Waals surface area contributed by atoms with E-state index in [1.807, 2.05) is 43.3 Å². The third-order valence-corrected chi connectivity index (χ3v) is 3.89. The maximum atomic E-state index is 12.6. The average Bonchev–Trinajstić information content (AvgIpc) is 2.46. The fourth-order valence-electron chi connectivity index (χ4n) is 2.34. The molecule has 0 aliphatic rings. The summed E-state index contributed by atoms with van der Waals surface area (Å²) in [7, 11) is 0. The number of benzene rings is 2. The summed E-state index contributed by atoms with van der Waals surface area (Å²) in [6.07, 6.45) is 1.10. The van der Waals surface area contributed by atoms with Gasteiger partial charge in [0.05, 0.1) is 0 Å². The lowest BCUT2D eigenvalue weighted by molar-refractivity contribution is 0.103. The van der Waals surface area contributed by atoms with Crippen LogP contribution in [0, 0.1) is 6.92 Å². The second-order valence-corrected chi connectivity index (χ2v) is 5.30. The number of hydrogen-bond donors (Lipinski definition) is 1. The van der Waals surface area contributed by atoms with Crippen molar-refractivity contribution in [1.29, 1.82) is 0 Å². The Hall–Kier alpha value is -2.09. The molecule has 2 rings (SSSR count). The van der Waals surface area contributed by atoms with E-state index in [2.05, 4.69) is 13.8 Å². The minimum absolute atomic E-state index is 0.00342. The van der Waals surface area contributed by atoms with Crippen LogP contribution in [0.1, 0.15) is 53.2 Å². The minimum Gasteiger partial charge on any atom is -0.398 e. The van der Waals surface area contributed by atoms with E-state index >= 15 is 0 Å². The summed E-state index contributed by atoms with van der Waals surface area (Å²) in [6, 6.07) is 13.4. The van der Waals surface area contributed by atoms with Gasteiger partial charge in [-0.3, -0.25) is 4.79 Å². The Morgan fingerprint density at radius 3 is 2.35 bits per heavy atom. The van der Waals surface area contributed by atoms with Crippen LogP contribution in [-0.2, 0) is 0 Å². The zero-order chi connectivity index (χ0) is 14.7. The highest BCUT2D eigenvalue weighted by atomic mass is 16.1. The molecule has 0 aliphatic carbocycles. The maximum absolute atomic E-state index is 12.6. The Morgan fingerprint density at radius 2 is 1.80 bits per heavy atom. The molecule has 0 fully saturated rings. The molecule has 0 saturated carbocycles. The molecule has 2 nitrogen and oxygen atoms in total. The molecular weight excluding hydrogens is 246 g/mol. The number of carbonyl (C=O) groups excluding carboxylic acids is 1. The van der Waals surface area contributed by atoms with E-state index in [0.29, 0.717) is 22.7 Å². The van der Waals surface area contributed by atoms with Crippen LogP contribution >= 0.6 is 0 Å². The first kappa shape index (κ1) is 14.3. The Bertz CT molecular complexity index is 594. The van der Waals surface area contributed by atoms with Crippen molar-refractivity contribution in [3.8, 4) is 0 Å². The lowest BCUT2D eigenvalue weighted by atomic mass is 9.94. The highest BCUT2D eigenvalue weighted by Gasteiger charge is 2.15. The third-order valence-electron chi connectivity index (χ3n) is 3.89. The molecule has 1 unspecified atom stereocenters. The molecular formula is C18H21NO. The van der Waals surface area contributed by atoms with E-state index < -0.39 is 0 Å². The van der Waals surface area contributed by atoms with E-state index in [1.54, 1.807) is 6.07 Å². The maximum Gasteiger partial charge on any atom is 0.195 e. The van der Waals surface area contributed by atoms with E-state index in [0.717, 1.165) is 12.0 Å². The van der Waals surface area contributed by atoms with Crippen molar-refractivity contribution >= 4 is 11.5 Å². The Labute approximate surface area is 120 Å². The molecule has 20 heavy (non-hydrogen) atoms. The van der Waals surface area contributed by atoms with Crippen LogP contribution in [0.2, 0.25) is 0 Å². The van der Waals surface area contributed by atoms with Crippen LogP contribution in [0.4, 0.5) is 5.69 Å². The fourth-order valence-corrected chi connectivity index (χ4v) is 2.34. The molecule has 0 aromatic heterocycles. The van der Waals surface area contributed by atoms with Gasteiger partial charge in [0.25, 0.3) is 0 Å². The van der Waals surface area contributed by atoms with Gasteiger partial charge >= 0.3 is 0 Å². The second-order valence-electron chi connectivity index (χ2n) is 5.30. The summed E-state index contributed by atoms with van der Waals surface area (Å²) in [5.74, 6) is 0.513. The van der Waals surface area contributed by atoms with Gasteiger partial charge in [-0.25, -0.2) is 0 Å². The number of carbonyl (C=O) groups is 1. The van der Waals surface area contributed by atoms with Gasteiger partial charge in [0.2, 0.25) is 0 Å². The molecule has 0 amide bonds. The zero-order valence-electron chi connectivity index (χ0n) is 12.3. The predicted molar refractivity (Wildman–Crippen MR) is 84.2 cm³/mol. The Kier molecular flexibility index (Phi) is 4.23. The largest absolute Gasteiger partial charge is 0.398 e. The summed E-state index contributed by atoms with van der Waals surface area (Å²) in [4.78, 5) is 12.6. The van der Waals surface area contributed by atoms with Crippen LogP contribution < -0.4 is 5.73 Å². The van der Waals surface area contributed by atoms with E-state index in [4.69, 9.17) is 5.73 Å². The second kappa shape index (κ2) is 5.91. The van der Waals surface area contributed by atoms with Crippen LogP contribution in [0.15, 0.2) is 42.5 Å². The molecule has 2 aromatic carbocycles. The van der Waals surface area contributed by atoms with Gasteiger partial charge in [-0.2, -0.15) is 0 Å². The normalized spacial score (nSPS) is 12.2. The minimum atomic E-state index is -0.00342. The van der Waals surface area contributed by atoms with Gasteiger partial charge in [-0.05, 0) is 36.5 Å². The quantitative estimate of drug-likeness (QED) is 0.662. The first-order chi connectivity index (χ1) is 9.54. The van der Waals surface area contributed by atoms with Crippen molar-refractivity contribution in [2.75, 3.05) is 5.73 Å². The molecule has 104 valence electrons. The van der Waals surface area contributed by atoms with Crippen molar-refractivity contribution in [2.45, 2.75) is 33.1 Å². The topological polar surface area (TPSA) is 43.1 Å². The van der Waals surface area contributed by atoms with Crippen molar-refractivity contribution in [3.05, 3.63) is 64.7 Å². The molecule has 0 spiro atoms. The molecule has 2 N–H and O–H groups in total. The number of nitrogens with two attached hydrogens (primary N) is 1. The SMILES string of the molecule is CCC(C)c1ccc(C(=O)c2c(C)cccc2N)cc1. The van der Waals surface area contributed by atoms with Crippen LogP contribution in [0.5, 0.6) is 0 Å². The summed E-state index contributed by atoms with van der Waals surface area (Å²) in [6.45, 7) is 6.27. The van der Waals surface area contributed by atoms with E-state index in [1.165, 1.54) is 5.56 Å². The van der Waals surface area contributed by atoms with E-state index in [-0.39, 0.29) is 5.78 Å². The van der Waals surface area contributed by atoms with Gasteiger partial charge < -0.3 is 5.73 Å². The monoisotopic (exact) mass is 267 g/mol. The Morgan fingerprint density at radius 1 is 1.15 bits per heavy atom. The molecule has 0 radical (unpaired) electrons. The predicted octanol–water partition coefficient (Wildman–Crippen LogP) is 4.32. The number of hydrogen-bond acceptors (Lipinski definition) is 2. The number of ketones is 1. The molecule has 0 saturated heterocycles. The lowest BCUT2D eigenvalue weighted by Crippen LogP contribution is -2.07. The summed E-state index contributed by atoms with van der Waals surface area (Å²) in [5, 5.41) is 0. The van der Waals surface area contributed by atoms with Crippen LogP contribution in [0.3, 0.4) is 0 Å². The molecule has 0 bridgehead atoms. The highest BCUT2D eigenvalue weighted by molar-refractivity contribution is 6.13. The average molecular weight is 267 g/mol. The first-order valence-electron chi connectivity index (χ1n) is 7.04. The van der Waals surface area contributed by atoms with Crippen LogP contribution in [0.25, 0.3) is 0 Å². The lowest BCUT2D eigenvalue weighted by Gasteiger charge is -2.11. The van der Waals surface area contributed by atoms with Gasteiger partial charge in [-0.15, -0.1) is 0 Å². The Balaban J connectivity index is 2.35. The molecule has 2 aromatic rings. The van der Waals surface area contributed by atoms with Crippen LogP contribution in [-0.4, -0.2) is 5.78 Å². The van der Waals surface area contributed by atoms with Crippen molar-refractivity contribution in [2.24, 2.45) is 0 Å². The third kappa shape index (κ3) is 2.74.